The van der Waals surface area contributed by atoms with Crippen LogP contribution < -0.4 is 0 Å². The molecular formula is C2H10O8P2. The molecule has 0 aromatic heterocycles. The molecule has 0 fully saturated rings. The molecule has 0 aromatic rings. The normalized spacial score (nSPS) is 12.8. The second kappa shape index (κ2) is 4.45. The summed E-state index contributed by atoms with van der Waals surface area (Å²) < 4.78 is 20.5. The smallest absolute Gasteiger partial charge is 0.343 e. The van der Waals surface area contributed by atoms with Gasteiger partial charge >= 0.3 is 15.2 Å². The molecule has 0 radical (unpaired) electrons. The first kappa shape index (κ1) is 14.7. The molecule has 8 nitrogen and oxygen atoms in total. The predicted molar refractivity (Wildman–Crippen MR) is 38.6 cm³/mol. The lowest BCUT2D eigenvalue weighted by molar-refractivity contribution is 0.266. The van der Waals surface area contributed by atoms with Crippen LogP contribution in [0.2, 0.25) is 0 Å². The van der Waals surface area contributed by atoms with Crippen molar-refractivity contribution in [3.8, 4) is 0 Å². The molecule has 12 heavy (non-hydrogen) atoms. The number of aliphatic hydroxyl groups is 1. The largest absolute Gasteiger partial charge is 0.412 e. The van der Waals surface area contributed by atoms with Crippen molar-refractivity contribution in [3.05, 3.63) is 0 Å². The molecule has 0 atom stereocenters. The summed E-state index contributed by atoms with van der Waals surface area (Å²) >= 11 is 0. The highest BCUT2D eigenvalue weighted by Crippen LogP contribution is 2.59. The molecule has 0 aliphatic rings. The molecule has 0 aliphatic carbocycles. The average molecular weight is 224 g/mol. The Morgan fingerprint density at radius 2 is 1.25 bits per heavy atom. The van der Waals surface area contributed by atoms with E-state index in [4.69, 9.17) is 24.7 Å². The van der Waals surface area contributed by atoms with Crippen LogP contribution in [0.25, 0.3) is 0 Å². The van der Waals surface area contributed by atoms with Crippen molar-refractivity contribution in [1.29, 1.82) is 0 Å². The molecule has 0 amide bonds. The van der Waals surface area contributed by atoms with E-state index in [0.717, 1.165) is 0 Å². The van der Waals surface area contributed by atoms with Crippen molar-refractivity contribution in [2.24, 2.45) is 0 Å². The fraction of sp³-hybridized carbons (Fsp3) is 1.00. The van der Waals surface area contributed by atoms with Gasteiger partial charge in [-0.3, -0.25) is 9.13 Å². The molecule has 7 N–H and O–H groups in total. The van der Waals surface area contributed by atoms with E-state index < -0.39 is 27.2 Å². The molecule has 0 rings (SSSR count). The average Bonchev–Trinajstić information content (AvgIpc) is 1.56. The summed E-state index contributed by atoms with van der Waals surface area (Å²) in [6, 6.07) is 0. The van der Waals surface area contributed by atoms with E-state index in [-0.39, 0.29) is 5.48 Å². The second-order valence-corrected chi connectivity index (χ2v) is 5.85. The highest BCUT2D eigenvalue weighted by molar-refractivity contribution is 7.70. The van der Waals surface area contributed by atoms with Crippen LogP contribution in [0.1, 0.15) is 0 Å². The van der Waals surface area contributed by atoms with Crippen LogP contribution in [-0.4, -0.2) is 42.2 Å². The Morgan fingerprint density at radius 1 is 1.00 bits per heavy atom. The minimum atomic E-state index is -4.91. The minimum absolute atomic E-state index is 0. The van der Waals surface area contributed by atoms with Gasteiger partial charge in [0.2, 0.25) is 0 Å². The molecule has 0 spiro atoms. The topological polar surface area (TPSA) is 167 Å². The third-order valence-corrected chi connectivity index (χ3v) is 4.62. The predicted octanol–water partition coefficient (Wildman–Crippen LogP) is -2.16. The van der Waals surface area contributed by atoms with Gasteiger partial charge in [0.1, 0.15) is 0 Å². The van der Waals surface area contributed by atoms with Crippen LogP contribution in [0.5, 0.6) is 0 Å². The van der Waals surface area contributed by atoms with E-state index >= 15 is 0 Å². The lowest BCUT2D eigenvalue weighted by Crippen LogP contribution is -2.13. The zero-order valence-corrected chi connectivity index (χ0v) is 7.52. The van der Waals surface area contributed by atoms with Gasteiger partial charge in [-0.05, 0) is 0 Å². The maximum absolute atomic E-state index is 10.3. The van der Waals surface area contributed by atoms with E-state index in [1.807, 2.05) is 0 Å². The van der Waals surface area contributed by atoms with Gasteiger partial charge in [0, 0.05) is 0 Å². The number of aliphatic hydroxyl groups excluding tert-OH is 1. The van der Waals surface area contributed by atoms with Crippen LogP contribution in [-0.2, 0) is 9.13 Å². The molecule has 76 valence electrons. The fourth-order valence-electron chi connectivity index (χ4n) is 0.409. The quantitative estimate of drug-likeness (QED) is 0.340. The van der Waals surface area contributed by atoms with Crippen LogP contribution in [0.3, 0.4) is 0 Å². The fourth-order valence-corrected chi connectivity index (χ4v) is 2.40. The molecule has 0 aromatic carbocycles. The highest BCUT2D eigenvalue weighted by Gasteiger charge is 2.42. The van der Waals surface area contributed by atoms with Gasteiger partial charge in [-0.1, -0.05) is 0 Å². The summed E-state index contributed by atoms with van der Waals surface area (Å²) in [5, 5.41) is 5.92. The van der Waals surface area contributed by atoms with Crippen LogP contribution in [0, 0.1) is 0 Å². The molecule has 0 bridgehead atoms. The Bertz CT molecular complexity index is 189. The second-order valence-electron chi connectivity index (χ2n) is 1.84. The lowest BCUT2D eigenvalue weighted by atomic mass is 10.9. The Balaban J connectivity index is 0. The van der Waals surface area contributed by atoms with Gasteiger partial charge in [-0.15, -0.1) is 0 Å². The number of rotatable bonds is 3. The molecule has 0 heterocycles. The standard InChI is InChI=1S/C2H8O7P2.H2O/c3-1-2(10(4,5)6)11(7,8)9;/h2-3H,1H2,(H2,4,5,6)(H2,7,8,9);1H2. The Kier molecular flexibility index (Phi) is 5.47. The van der Waals surface area contributed by atoms with Gasteiger partial charge in [-0.2, -0.15) is 0 Å². The highest BCUT2D eigenvalue weighted by atomic mass is 31.2. The first-order chi connectivity index (χ1) is 4.69. The monoisotopic (exact) mass is 224 g/mol. The first-order valence-corrected chi connectivity index (χ1v) is 5.77. The van der Waals surface area contributed by atoms with Crippen LogP contribution in [0.15, 0.2) is 0 Å². The van der Waals surface area contributed by atoms with E-state index in [2.05, 4.69) is 0 Å². The summed E-state index contributed by atoms with van der Waals surface area (Å²) in [5.41, 5.74) is 0. The van der Waals surface area contributed by atoms with Crippen LogP contribution in [0.4, 0.5) is 0 Å². The van der Waals surface area contributed by atoms with Gasteiger partial charge < -0.3 is 30.2 Å². The van der Waals surface area contributed by atoms with Gasteiger partial charge in [-0.25, -0.2) is 0 Å². The Morgan fingerprint density at radius 3 is 1.25 bits per heavy atom. The maximum Gasteiger partial charge on any atom is 0.343 e. The van der Waals surface area contributed by atoms with Crippen molar-refractivity contribution in [2.45, 2.75) is 5.40 Å². The third-order valence-electron chi connectivity index (χ3n) is 0.940. The molecule has 10 heteroatoms. The Hall–Kier alpha value is 0.220. The maximum atomic E-state index is 10.3. The summed E-state index contributed by atoms with van der Waals surface area (Å²) in [7, 11) is -9.82. The van der Waals surface area contributed by atoms with Crippen molar-refractivity contribution < 1.29 is 39.3 Å². The van der Waals surface area contributed by atoms with E-state index in [0.29, 0.717) is 0 Å². The Labute approximate surface area is 67.5 Å². The van der Waals surface area contributed by atoms with E-state index in [9.17, 15) is 9.13 Å². The van der Waals surface area contributed by atoms with Crippen molar-refractivity contribution in [1.82, 2.24) is 0 Å². The molecule has 0 aliphatic heterocycles. The minimum Gasteiger partial charge on any atom is -0.412 e. The van der Waals surface area contributed by atoms with Gasteiger partial charge in [0.15, 0.2) is 5.40 Å². The SMILES string of the molecule is O.O=P(O)(O)C(CO)P(=O)(O)O. The zero-order chi connectivity index (χ0) is 9.28. The van der Waals surface area contributed by atoms with Crippen molar-refractivity contribution in [3.63, 3.8) is 0 Å². The summed E-state index contributed by atoms with van der Waals surface area (Å²) in [6.07, 6.45) is 0. The van der Waals surface area contributed by atoms with E-state index in [1.54, 1.807) is 0 Å². The lowest BCUT2D eigenvalue weighted by Gasteiger charge is -2.16. The molecule has 0 saturated heterocycles. The summed E-state index contributed by atoms with van der Waals surface area (Å²) in [4.78, 5) is 33.1. The summed E-state index contributed by atoms with van der Waals surface area (Å²) in [5.74, 6) is 0. The van der Waals surface area contributed by atoms with Gasteiger partial charge in [0.25, 0.3) is 0 Å². The molecule has 0 unspecified atom stereocenters. The van der Waals surface area contributed by atoms with E-state index in [1.165, 1.54) is 0 Å². The summed E-state index contributed by atoms with van der Waals surface area (Å²) in [6.45, 7) is -1.24. The number of hydrogen-bond acceptors (Lipinski definition) is 3. The molecule has 0 saturated carbocycles. The van der Waals surface area contributed by atoms with Crippen molar-refractivity contribution >= 4 is 15.2 Å². The first-order valence-electron chi connectivity index (χ1n) is 2.41. The third kappa shape index (κ3) is 4.30. The number of hydrogen-bond donors (Lipinski definition) is 5. The van der Waals surface area contributed by atoms with Gasteiger partial charge in [0.05, 0.1) is 6.61 Å². The molecular weight excluding hydrogens is 214 g/mol. The van der Waals surface area contributed by atoms with Crippen molar-refractivity contribution in [2.75, 3.05) is 6.61 Å². The zero-order valence-electron chi connectivity index (χ0n) is 5.73. The van der Waals surface area contributed by atoms with Crippen LogP contribution >= 0.6 is 15.2 Å².